The maximum Gasteiger partial charge on any atom is 0.271 e. The zero-order valence-corrected chi connectivity index (χ0v) is 25.9. The number of amides is 1. The van der Waals surface area contributed by atoms with E-state index in [2.05, 4.69) is 4.72 Å². The Morgan fingerprint density at radius 3 is 2.51 bits per heavy atom. The molecule has 14 heteroatoms. The minimum atomic E-state index is -3.88. The van der Waals surface area contributed by atoms with Crippen LogP contribution in [0.4, 0.5) is 5.69 Å². The molecule has 1 amide bonds. The van der Waals surface area contributed by atoms with Crippen LogP contribution in [0.15, 0.2) is 69.1 Å². The zero-order valence-electron chi connectivity index (χ0n) is 22.7. The Morgan fingerprint density at radius 2 is 1.88 bits per heavy atom. The van der Waals surface area contributed by atoms with Crippen LogP contribution >= 0.6 is 22.9 Å². The quantitative estimate of drug-likeness (QED) is 0.364. The topological polar surface area (TPSA) is 133 Å². The van der Waals surface area contributed by atoms with Crippen molar-refractivity contribution in [1.82, 2.24) is 9.21 Å². The number of aliphatic hydroxyl groups is 1. The second-order valence-corrected chi connectivity index (χ2v) is 15.3. The van der Waals surface area contributed by atoms with Crippen molar-refractivity contribution in [3.05, 3.63) is 70.6 Å². The molecular formula is C27H32ClN3O7S3. The van der Waals surface area contributed by atoms with Gasteiger partial charge in [0.15, 0.2) is 0 Å². The van der Waals surface area contributed by atoms with Crippen LogP contribution in [0.2, 0.25) is 5.02 Å². The highest BCUT2D eigenvalue weighted by Gasteiger charge is 2.33. The van der Waals surface area contributed by atoms with Crippen molar-refractivity contribution in [1.29, 1.82) is 0 Å². The van der Waals surface area contributed by atoms with E-state index >= 15 is 0 Å². The van der Waals surface area contributed by atoms with Crippen LogP contribution < -0.4 is 9.46 Å². The number of anilines is 1. The Kier molecular flexibility index (Phi) is 9.66. The van der Waals surface area contributed by atoms with E-state index in [0.29, 0.717) is 16.3 Å². The Balaban J connectivity index is 1.68. The summed E-state index contributed by atoms with van der Waals surface area (Å²) in [5, 5.41) is 11.9. The van der Waals surface area contributed by atoms with Gasteiger partial charge < -0.3 is 14.7 Å². The van der Waals surface area contributed by atoms with Crippen LogP contribution in [-0.4, -0.2) is 75.9 Å². The number of rotatable bonds is 9. The summed E-state index contributed by atoms with van der Waals surface area (Å²) >= 11 is 7.01. The van der Waals surface area contributed by atoms with E-state index < -0.39 is 32.2 Å². The molecule has 1 aromatic heterocycles. The molecule has 1 aliphatic rings. The van der Waals surface area contributed by atoms with E-state index in [0.717, 1.165) is 11.3 Å². The Morgan fingerprint density at radius 1 is 1.17 bits per heavy atom. The predicted molar refractivity (Wildman–Crippen MR) is 158 cm³/mol. The maximum atomic E-state index is 13.4. The number of carbonyl (C=O) groups is 1. The van der Waals surface area contributed by atoms with Crippen molar-refractivity contribution in [3.8, 4) is 5.75 Å². The fourth-order valence-electron chi connectivity index (χ4n) is 4.47. The molecule has 0 radical (unpaired) electrons. The standard InChI is InChI=1S/C27H32ClN3O7S3/c1-18-15-31(19(2)17-32)26(33)14-20-13-22(29-40(34,35)27-5-4-12-39-27)8-11-24(20)38-25(18)16-30(3)41(36,37)23-9-6-21(28)7-10-23/h4-13,18-19,25,29,32H,14-17H2,1-3H3/t18-,19+,25-/m0/s1. The molecule has 2 N–H and O–H groups in total. The second-order valence-electron chi connectivity index (χ2n) is 9.99. The highest BCUT2D eigenvalue weighted by atomic mass is 35.5. The number of ether oxygens (including phenoxy) is 1. The molecule has 2 heterocycles. The number of halogens is 1. The summed E-state index contributed by atoms with van der Waals surface area (Å²) in [5.74, 6) is -0.270. The number of thiophene rings is 1. The average Bonchev–Trinajstić information content (AvgIpc) is 3.49. The zero-order chi connectivity index (χ0) is 29.9. The Bertz CT molecular complexity index is 1580. The molecule has 0 bridgehead atoms. The van der Waals surface area contributed by atoms with Crippen LogP contribution in [0, 0.1) is 5.92 Å². The van der Waals surface area contributed by atoms with E-state index in [9.17, 15) is 26.7 Å². The van der Waals surface area contributed by atoms with Gasteiger partial charge >= 0.3 is 0 Å². The highest BCUT2D eigenvalue weighted by Crippen LogP contribution is 2.31. The minimum Gasteiger partial charge on any atom is -0.488 e. The summed E-state index contributed by atoms with van der Waals surface area (Å²) < 4.78 is 62.5. The normalized spacial score (nSPS) is 19.1. The van der Waals surface area contributed by atoms with Gasteiger partial charge in [0.05, 0.1) is 30.5 Å². The van der Waals surface area contributed by atoms with Gasteiger partial charge in [-0.3, -0.25) is 9.52 Å². The molecule has 0 aliphatic carbocycles. The van der Waals surface area contributed by atoms with Gasteiger partial charge in [0, 0.05) is 35.8 Å². The first kappa shape index (κ1) is 31.3. The van der Waals surface area contributed by atoms with Crippen LogP contribution in [0.25, 0.3) is 0 Å². The van der Waals surface area contributed by atoms with E-state index in [1.165, 1.54) is 47.8 Å². The van der Waals surface area contributed by atoms with Crippen molar-refractivity contribution in [3.63, 3.8) is 0 Å². The fraction of sp³-hybridized carbons (Fsp3) is 0.370. The largest absolute Gasteiger partial charge is 0.488 e. The van der Waals surface area contributed by atoms with Crippen molar-refractivity contribution >= 4 is 54.6 Å². The molecule has 10 nitrogen and oxygen atoms in total. The highest BCUT2D eigenvalue weighted by molar-refractivity contribution is 7.94. The van der Waals surface area contributed by atoms with Gasteiger partial charge in [-0.15, -0.1) is 11.3 Å². The molecule has 1 aliphatic heterocycles. The third kappa shape index (κ3) is 7.22. The summed E-state index contributed by atoms with van der Waals surface area (Å²) in [6.45, 7) is 3.50. The lowest BCUT2D eigenvalue weighted by Crippen LogP contribution is -2.48. The van der Waals surface area contributed by atoms with Crippen LogP contribution in [-0.2, 0) is 31.3 Å². The first-order valence-electron chi connectivity index (χ1n) is 12.8. The second kappa shape index (κ2) is 12.7. The number of benzene rings is 2. The van der Waals surface area contributed by atoms with E-state index in [-0.39, 0.29) is 52.7 Å². The first-order chi connectivity index (χ1) is 19.3. The molecule has 4 rings (SSSR count). The number of carbonyl (C=O) groups excluding carboxylic acids is 1. The summed E-state index contributed by atoms with van der Waals surface area (Å²) in [7, 11) is -6.25. The summed E-state index contributed by atoms with van der Waals surface area (Å²) in [5.41, 5.74) is 0.681. The number of hydrogen-bond donors (Lipinski definition) is 2. The van der Waals surface area contributed by atoms with Crippen molar-refractivity contribution in [2.45, 2.75) is 41.5 Å². The molecule has 0 saturated carbocycles. The van der Waals surface area contributed by atoms with Gasteiger partial charge in [-0.25, -0.2) is 16.8 Å². The van der Waals surface area contributed by atoms with E-state index in [4.69, 9.17) is 16.3 Å². The lowest BCUT2D eigenvalue weighted by Gasteiger charge is -2.33. The number of fused-ring (bicyclic) bond motifs is 1. The SMILES string of the molecule is C[C@H](CO)N1C[C@H](C)[C@H](CN(C)S(=O)(=O)c2ccc(Cl)cc2)Oc2ccc(NS(=O)(=O)c3cccs3)cc2CC1=O. The number of nitrogens with zero attached hydrogens (tertiary/aromatic N) is 2. The number of aliphatic hydroxyl groups excluding tert-OH is 1. The van der Waals surface area contributed by atoms with Crippen LogP contribution in [0.1, 0.15) is 19.4 Å². The van der Waals surface area contributed by atoms with Gasteiger partial charge in [-0.2, -0.15) is 4.31 Å². The van der Waals surface area contributed by atoms with Crippen LogP contribution in [0.3, 0.4) is 0 Å². The number of sulfonamides is 2. The monoisotopic (exact) mass is 641 g/mol. The molecular weight excluding hydrogens is 610 g/mol. The summed E-state index contributed by atoms with van der Waals surface area (Å²) in [6.07, 6.45) is -0.791. The number of nitrogens with one attached hydrogen (secondary N) is 1. The minimum absolute atomic E-state index is 0.0339. The molecule has 2 aromatic carbocycles. The Labute approximate surface area is 249 Å². The first-order valence-corrected chi connectivity index (χ1v) is 17.0. The molecule has 0 spiro atoms. The summed E-state index contributed by atoms with van der Waals surface area (Å²) in [6, 6.07) is 13.2. The third-order valence-corrected chi connectivity index (χ3v) is 11.8. The molecule has 3 aromatic rings. The number of hydrogen-bond acceptors (Lipinski definition) is 8. The van der Waals surface area contributed by atoms with Gasteiger partial charge in [0.2, 0.25) is 15.9 Å². The molecule has 0 fully saturated rings. The third-order valence-electron chi connectivity index (χ3n) is 6.89. The van der Waals surface area contributed by atoms with Gasteiger partial charge in [0.1, 0.15) is 16.1 Å². The smallest absolute Gasteiger partial charge is 0.271 e. The van der Waals surface area contributed by atoms with Crippen molar-refractivity contribution < 1.29 is 31.5 Å². The lowest BCUT2D eigenvalue weighted by atomic mass is 10.0. The van der Waals surface area contributed by atoms with Crippen molar-refractivity contribution in [2.24, 2.45) is 5.92 Å². The molecule has 41 heavy (non-hydrogen) atoms. The molecule has 0 unspecified atom stereocenters. The Hall–Kier alpha value is -2.68. The van der Waals surface area contributed by atoms with Crippen LogP contribution in [0.5, 0.6) is 5.75 Å². The predicted octanol–water partition coefficient (Wildman–Crippen LogP) is 3.67. The molecule has 222 valence electrons. The number of likely N-dealkylation sites (N-methyl/N-ethyl adjacent to an activating group) is 1. The van der Waals surface area contributed by atoms with E-state index in [1.807, 2.05) is 6.92 Å². The molecule has 3 atom stereocenters. The average molecular weight is 642 g/mol. The fourth-order valence-corrected chi connectivity index (χ4v) is 7.82. The maximum absolute atomic E-state index is 13.4. The summed E-state index contributed by atoms with van der Waals surface area (Å²) in [4.78, 5) is 15.0. The van der Waals surface area contributed by atoms with Gasteiger partial charge in [-0.05, 0) is 60.8 Å². The van der Waals surface area contributed by atoms with Crippen molar-refractivity contribution in [2.75, 3.05) is 31.5 Å². The van der Waals surface area contributed by atoms with E-state index in [1.54, 1.807) is 35.4 Å². The van der Waals surface area contributed by atoms with Gasteiger partial charge in [-0.1, -0.05) is 24.6 Å². The lowest BCUT2D eigenvalue weighted by molar-refractivity contribution is -0.134. The van der Waals surface area contributed by atoms with Gasteiger partial charge in [0.25, 0.3) is 10.0 Å². The molecule has 0 saturated heterocycles.